The first-order chi connectivity index (χ1) is 7.70. The maximum Gasteiger partial charge on any atom is 0.216 e. The predicted octanol–water partition coefficient (Wildman–Crippen LogP) is 1.94. The minimum Gasteiger partial charge on any atom is -0.398 e. The molecular weight excluding hydrogens is 226 g/mol. The molecule has 0 radical (unpaired) electrons. The lowest BCUT2D eigenvalue weighted by molar-refractivity contribution is 0.103. The van der Waals surface area contributed by atoms with Gasteiger partial charge in [0.25, 0.3) is 0 Å². The Hall–Kier alpha value is -1.94. The molecule has 2 aromatic rings. The maximum absolute atomic E-state index is 12.0. The van der Waals surface area contributed by atoms with Crippen molar-refractivity contribution in [2.75, 3.05) is 5.73 Å². The Morgan fingerprint density at radius 3 is 2.56 bits per heavy atom. The van der Waals surface area contributed by atoms with E-state index in [1.165, 1.54) is 12.4 Å². The number of aromatic nitrogens is 2. The van der Waals surface area contributed by atoms with E-state index in [0.29, 0.717) is 11.3 Å². The molecule has 5 heteroatoms. The molecular formula is C11H8ClN3O. The van der Waals surface area contributed by atoms with Crippen LogP contribution in [-0.4, -0.2) is 15.8 Å². The Kier molecular flexibility index (Phi) is 2.83. The third-order valence-electron chi connectivity index (χ3n) is 2.07. The number of carbonyl (C=O) groups is 1. The smallest absolute Gasteiger partial charge is 0.216 e. The molecule has 0 aliphatic heterocycles. The molecule has 0 saturated carbocycles. The largest absolute Gasteiger partial charge is 0.398 e. The fourth-order valence-corrected chi connectivity index (χ4v) is 1.50. The molecule has 0 bridgehead atoms. The topological polar surface area (TPSA) is 68.9 Å². The van der Waals surface area contributed by atoms with Crippen molar-refractivity contribution in [1.82, 2.24) is 9.97 Å². The van der Waals surface area contributed by atoms with Crippen LogP contribution in [-0.2, 0) is 0 Å². The number of nitrogen functional groups attached to an aromatic ring is 1. The van der Waals surface area contributed by atoms with Crippen LogP contribution in [0.4, 0.5) is 5.69 Å². The van der Waals surface area contributed by atoms with Gasteiger partial charge in [0.2, 0.25) is 5.78 Å². The minimum atomic E-state index is -0.323. The van der Waals surface area contributed by atoms with E-state index in [1.54, 1.807) is 24.3 Å². The summed E-state index contributed by atoms with van der Waals surface area (Å²) in [6.45, 7) is 0. The van der Waals surface area contributed by atoms with Crippen molar-refractivity contribution in [1.29, 1.82) is 0 Å². The molecule has 0 atom stereocenters. The number of para-hydroxylation sites is 1. The van der Waals surface area contributed by atoms with Crippen LogP contribution in [0.2, 0.25) is 5.15 Å². The Labute approximate surface area is 97.1 Å². The van der Waals surface area contributed by atoms with Gasteiger partial charge in [-0.05, 0) is 12.1 Å². The van der Waals surface area contributed by atoms with Crippen LogP contribution in [0.3, 0.4) is 0 Å². The molecule has 1 heterocycles. The van der Waals surface area contributed by atoms with Crippen LogP contribution in [0, 0.1) is 0 Å². The summed E-state index contributed by atoms with van der Waals surface area (Å²) < 4.78 is 0. The van der Waals surface area contributed by atoms with Gasteiger partial charge in [0, 0.05) is 23.6 Å². The van der Waals surface area contributed by atoms with Gasteiger partial charge in [-0.3, -0.25) is 4.79 Å². The molecule has 80 valence electrons. The number of rotatable bonds is 2. The summed E-state index contributed by atoms with van der Waals surface area (Å²) in [5, 5.41) is 0.0794. The summed E-state index contributed by atoms with van der Waals surface area (Å²) in [4.78, 5) is 19.7. The molecule has 2 rings (SSSR count). The molecule has 0 fully saturated rings. The third-order valence-corrected chi connectivity index (χ3v) is 2.35. The minimum absolute atomic E-state index is 0.0794. The number of benzene rings is 1. The van der Waals surface area contributed by atoms with Crippen LogP contribution >= 0.6 is 11.6 Å². The lowest BCUT2D eigenvalue weighted by Crippen LogP contribution is -2.08. The quantitative estimate of drug-likeness (QED) is 0.636. The fraction of sp³-hybridized carbons (Fsp3) is 0. The zero-order chi connectivity index (χ0) is 11.5. The van der Waals surface area contributed by atoms with Gasteiger partial charge in [-0.1, -0.05) is 23.7 Å². The summed E-state index contributed by atoms with van der Waals surface area (Å²) in [5.74, 6) is -0.323. The van der Waals surface area contributed by atoms with Gasteiger partial charge in [0.05, 0.1) is 0 Å². The Bertz CT molecular complexity index is 495. The zero-order valence-electron chi connectivity index (χ0n) is 8.22. The molecule has 0 spiro atoms. The van der Waals surface area contributed by atoms with Crippen LogP contribution in [0.5, 0.6) is 0 Å². The van der Waals surface area contributed by atoms with E-state index < -0.39 is 0 Å². The maximum atomic E-state index is 12.0. The SMILES string of the molecule is Nc1ccccc1C(=O)c1nccnc1Cl. The van der Waals surface area contributed by atoms with Gasteiger partial charge >= 0.3 is 0 Å². The molecule has 0 saturated heterocycles. The number of nitrogens with two attached hydrogens (primary N) is 1. The second-order valence-electron chi connectivity index (χ2n) is 3.11. The van der Waals surface area contributed by atoms with Gasteiger partial charge in [0.1, 0.15) is 5.69 Å². The van der Waals surface area contributed by atoms with Gasteiger partial charge in [-0.15, -0.1) is 0 Å². The molecule has 0 unspecified atom stereocenters. The number of hydrogen-bond acceptors (Lipinski definition) is 4. The van der Waals surface area contributed by atoms with Crippen LogP contribution in [0.15, 0.2) is 36.7 Å². The summed E-state index contributed by atoms with van der Waals surface area (Å²) in [6.07, 6.45) is 2.84. The number of carbonyl (C=O) groups excluding carboxylic acids is 1. The van der Waals surface area contributed by atoms with Crippen molar-refractivity contribution in [3.63, 3.8) is 0 Å². The first-order valence-corrected chi connectivity index (χ1v) is 4.93. The van der Waals surface area contributed by atoms with E-state index >= 15 is 0 Å². The normalized spacial score (nSPS) is 10.1. The number of ketones is 1. The first-order valence-electron chi connectivity index (χ1n) is 4.56. The average molecular weight is 234 g/mol. The van der Waals surface area contributed by atoms with Gasteiger partial charge < -0.3 is 5.73 Å². The van der Waals surface area contributed by atoms with Crippen LogP contribution < -0.4 is 5.73 Å². The van der Waals surface area contributed by atoms with Crippen molar-refractivity contribution in [2.24, 2.45) is 0 Å². The van der Waals surface area contributed by atoms with Gasteiger partial charge in [-0.2, -0.15) is 0 Å². The predicted molar refractivity (Wildman–Crippen MR) is 61.3 cm³/mol. The summed E-state index contributed by atoms with van der Waals surface area (Å²) >= 11 is 5.79. The average Bonchev–Trinajstić information content (AvgIpc) is 2.29. The van der Waals surface area contributed by atoms with Crippen LogP contribution in [0.25, 0.3) is 0 Å². The Morgan fingerprint density at radius 1 is 1.19 bits per heavy atom. The lowest BCUT2D eigenvalue weighted by atomic mass is 10.1. The highest BCUT2D eigenvalue weighted by Crippen LogP contribution is 2.18. The highest BCUT2D eigenvalue weighted by Gasteiger charge is 2.16. The van der Waals surface area contributed by atoms with Crippen molar-refractivity contribution >= 4 is 23.1 Å². The molecule has 0 aliphatic carbocycles. The first kappa shape index (κ1) is 10.6. The number of hydrogen-bond donors (Lipinski definition) is 1. The second kappa shape index (κ2) is 4.28. The third kappa shape index (κ3) is 1.87. The molecule has 1 aromatic carbocycles. The van der Waals surface area contributed by atoms with E-state index in [2.05, 4.69) is 9.97 Å². The van der Waals surface area contributed by atoms with E-state index in [4.69, 9.17) is 17.3 Å². The standard InChI is InChI=1S/C11H8ClN3O/c12-11-9(14-5-6-15-11)10(16)7-3-1-2-4-8(7)13/h1-6H,13H2. The molecule has 16 heavy (non-hydrogen) atoms. The van der Waals surface area contributed by atoms with Crippen LogP contribution in [0.1, 0.15) is 16.1 Å². The Morgan fingerprint density at radius 2 is 1.88 bits per heavy atom. The van der Waals surface area contributed by atoms with Gasteiger partial charge in [0.15, 0.2) is 5.15 Å². The molecule has 1 aromatic heterocycles. The fourth-order valence-electron chi connectivity index (χ4n) is 1.30. The summed E-state index contributed by atoms with van der Waals surface area (Å²) in [6, 6.07) is 6.76. The monoisotopic (exact) mass is 233 g/mol. The number of nitrogens with zero attached hydrogens (tertiary/aromatic N) is 2. The highest BCUT2D eigenvalue weighted by atomic mass is 35.5. The number of anilines is 1. The highest BCUT2D eigenvalue weighted by molar-refractivity contribution is 6.33. The van der Waals surface area contributed by atoms with Crippen molar-refractivity contribution < 1.29 is 4.79 Å². The van der Waals surface area contributed by atoms with E-state index in [-0.39, 0.29) is 16.6 Å². The van der Waals surface area contributed by atoms with Gasteiger partial charge in [-0.25, -0.2) is 9.97 Å². The summed E-state index contributed by atoms with van der Waals surface area (Å²) in [5.41, 5.74) is 6.59. The number of halogens is 1. The Balaban J connectivity index is 2.48. The van der Waals surface area contributed by atoms with Crippen molar-refractivity contribution in [3.05, 3.63) is 53.1 Å². The summed E-state index contributed by atoms with van der Waals surface area (Å²) in [7, 11) is 0. The van der Waals surface area contributed by atoms with Crippen molar-refractivity contribution in [2.45, 2.75) is 0 Å². The van der Waals surface area contributed by atoms with Crippen molar-refractivity contribution in [3.8, 4) is 0 Å². The second-order valence-corrected chi connectivity index (χ2v) is 3.47. The lowest BCUT2D eigenvalue weighted by Gasteiger charge is -2.04. The van der Waals surface area contributed by atoms with E-state index in [1.807, 2.05) is 0 Å². The molecule has 0 aliphatic rings. The van der Waals surface area contributed by atoms with E-state index in [9.17, 15) is 4.79 Å². The molecule has 2 N–H and O–H groups in total. The molecule has 4 nitrogen and oxygen atoms in total. The van der Waals surface area contributed by atoms with E-state index in [0.717, 1.165) is 0 Å². The molecule has 0 amide bonds. The zero-order valence-corrected chi connectivity index (χ0v) is 8.98.